The molecule has 1 saturated carbocycles. The zero-order valence-electron chi connectivity index (χ0n) is 13.6. The van der Waals surface area contributed by atoms with Gasteiger partial charge in [-0.25, -0.2) is 4.98 Å². The molecule has 0 aromatic carbocycles. The van der Waals surface area contributed by atoms with Crippen molar-refractivity contribution in [1.29, 1.82) is 0 Å². The Hall–Kier alpha value is -1.65. The molecule has 116 valence electrons. The molecular formula is C16H25N3O2. The van der Waals surface area contributed by atoms with E-state index >= 15 is 0 Å². The Bertz CT molecular complexity index is 588. The second-order valence-corrected chi connectivity index (χ2v) is 6.41. The molecule has 0 radical (unpaired) electrons. The predicted molar refractivity (Wildman–Crippen MR) is 82.2 cm³/mol. The number of hydrogen-bond acceptors (Lipinski definition) is 3. The van der Waals surface area contributed by atoms with Crippen LogP contribution in [0.25, 0.3) is 0 Å². The average molecular weight is 291 g/mol. The average Bonchev–Trinajstić information content (AvgIpc) is 3.18. The molecule has 5 nitrogen and oxygen atoms in total. The van der Waals surface area contributed by atoms with E-state index in [1.54, 1.807) is 13.8 Å². The van der Waals surface area contributed by atoms with Gasteiger partial charge in [0, 0.05) is 23.3 Å². The number of aromatic amines is 1. The van der Waals surface area contributed by atoms with E-state index < -0.39 is 0 Å². The summed E-state index contributed by atoms with van der Waals surface area (Å²) in [5.74, 6) is 1.03. The topological polar surface area (TPSA) is 66.1 Å². The molecule has 1 amide bonds. The van der Waals surface area contributed by atoms with Crippen LogP contribution in [-0.2, 0) is 11.2 Å². The Kier molecular flexibility index (Phi) is 4.49. The van der Waals surface area contributed by atoms with Crippen molar-refractivity contribution in [3.8, 4) is 0 Å². The summed E-state index contributed by atoms with van der Waals surface area (Å²) in [5, 5.41) is 0. The molecule has 1 aliphatic carbocycles. The number of carbonyl (C=O) groups is 1. The maximum absolute atomic E-state index is 12.7. The SMILES string of the molecule is Cc1nc(C)c(CC(=O)N(C2CC2)C(C)C(C)C)c(=O)[nH]1. The lowest BCUT2D eigenvalue weighted by Crippen LogP contribution is -2.44. The fourth-order valence-electron chi connectivity index (χ4n) is 2.64. The van der Waals surface area contributed by atoms with Gasteiger partial charge in [-0.15, -0.1) is 0 Å². The number of amides is 1. The van der Waals surface area contributed by atoms with Crippen LogP contribution >= 0.6 is 0 Å². The summed E-state index contributed by atoms with van der Waals surface area (Å²) in [6, 6.07) is 0.551. The van der Waals surface area contributed by atoms with E-state index in [0.717, 1.165) is 12.8 Å². The zero-order valence-corrected chi connectivity index (χ0v) is 13.6. The van der Waals surface area contributed by atoms with Crippen LogP contribution in [0.3, 0.4) is 0 Å². The first-order chi connectivity index (χ1) is 9.81. The number of nitrogens with zero attached hydrogens (tertiary/aromatic N) is 2. The van der Waals surface area contributed by atoms with Crippen LogP contribution in [0.2, 0.25) is 0 Å². The number of nitrogens with one attached hydrogen (secondary N) is 1. The summed E-state index contributed by atoms with van der Waals surface area (Å²) in [6.07, 6.45) is 2.29. The monoisotopic (exact) mass is 291 g/mol. The summed E-state index contributed by atoms with van der Waals surface area (Å²) in [5.41, 5.74) is 0.950. The number of hydrogen-bond donors (Lipinski definition) is 1. The molecule has 2 rings (SSSR count). The molecular weight excluding hydrogens is 266 g/mol. The summed E-state index contributed by atoms with van der Waals surface area (Å²) < 4.78 is 0. The lowest BCUT2D eigenvalue weighted by atomic mass is 10.0. The van der Waals surface area contributed by atoms with E-state index in [1.807, 2.05) is 4.90 Å². The van der Waals surface area contributed by atoms with Crippen molar-refractivity contribution in [1.82, 2.24) is 14.9 Å². The fraction of sp³-hybridized carbons (Fsp3) is 0.688. The van der Waals surface area contributed by atoms with E-state index in [1.165, 1.54) is 0 Å². The minimum absolute atomic E-state index is 0.0398. The number of rotatable bonds is 5. The Morgan fingerprint density at radius 1 is 1.33 bits per heavy atom. The molecule has 0 saturated heterocycles. The third-order valence-electron chi connectivity index (χ3n) is 4.30. The first-order valence-electron chi connectivity index (χ1n) is 7.68. The molecule has 5 heteroatoms. The van der Waals surface area contributed by atoms with Crippen molar-refractivity contribution < 1.29 is 4.79 Å². The molecule has 1 aliphatic rings. The van der Waals surface area contributed by atoms with E-state index in [-0.39, 0.29) is 23.9 Å². The lowest BCUT2D eigenvalue weighted by Gasteiger charge is -2.32. The van der Waals surface area contributed by atoms with Gasteiger partial charge in [-0.05, 0) is 39.5 Å². The molecule has 1 N–H and O–H groups in total. The van der Waals surface area contributed by atoms with Gasteiger partial charge >= 0.3 is 0 Å². The molecule has 0 bridgehead atoms. The van der Waals surface area contributed by atoms with Gasteiger partial charge in [0.15, 0.2) is 0 Å². The summed E-state index contributed by atoms with van der Waals surface area (Å²) in [6.45, 7) is 9.87. The molecule has 1 atom stereocenters. The smallest absolute Gasteiger partial charge is 0.254 e. The van der Waals surface area contributed by atoms with Gasteiger partial charge < -0.3 is 9.88 Å². The van der Waals surface area contributed by atoms with Gasteiger partial charge in [0.2, 0.25) is 5.91 Å². The minimum Gasteiger partial charge on any atom is -0.336 e. The van der Waals surface area contributed by atoms with Crippen molar-refractivity contribution in [2.45, 2.75) is 66.0 Å². The van der Waals surface area contributed by atoms with Crippen molar-refractivity contribution in [3.05, 3.63) is 27.4 Å². The van der Waals surface area contributed by atoms with Crippen molar-refractivity contribution >= 4 is 5.91 Å². The maximum atomic E-state index is 12.7. The molecule has 1 aromatic heterocycles. The number of H-pyrrole nitrogens is 1. The molecule has 0 spiro atoms. The Morgan fingerprint density at radius 3 is 2.43 bits per heavy atom. The highest BCUT2D eigenvalue weighted by atomic mass is 16.2. The highest BCUT2D eigenvalue weighted by Gasteiger charge is 2.36. The standard InChI is InChI=1S/C16H25N3O2/c1-9(2)11(4)19(13-6-7-13)15(20)8-14-10(3)17-12(5)18-16(14)21/h9,11,13H,6-8H2,1-5H3,(H,17,18,21). The largest absolute Gasteiger partial charge is 0.336 e. The first kappa shape index (κ1) is 15.7. The molecule has 1 unspecified atom stereocenters. The molecule has 0 aliphatic heterocycles. The second-order valence-electron chi connectivity index (χ2n) is 6.41. The number of aryl methyl sites for hydroxylation is 2. The Balaban J connectivity index is 2.22. The van der Waals surface area contributed by atoms with Gasteiger partial charge in [-0.1, -0.05) is 13.8 Å². The molecule has 1 fully saturated rings. The van der Waals surface area contributed by atoms with Gasteiger partial charge in [0.1, 0.15) is 5.82 Å². The van der Waals surface area contributed by atoms with Crippen LogP contribution < -0.4 is 5.56 Å². The van der Waals surface area contributed by atoms with Crippen molar-refractivity contribution in [2.24, 2.45) is 5.92 Å². The van der Waals surface area contributed by atoms with Gasteiger partial charge in [0.05, 0.1) is 6.42 Å². The molecule has 1 aromatic rings. The van der Waals surface area contributed by atoms with E-state index in [9.17, 15) is 9.59 Å². The highest BCUT2D eigenvalue weighted by molar-refractivity contribution is 5.80. The summed E-state index contributed by atoms with van der Waals surface area (Å²) in [4.78, 5) is 33.6. The second kappa shape index (κ2) is 6.00. The normalized spacial score (nSPS) is 16.1. The Morgan fingerprint density at radius 2 is 1.95 bits per heavy atom. The predicted octanol–water partition coefficient (Wildman–Crippen LogP) is 1.96. The van der Waals surface area contributed by atoms with Gasteiger partial charge in [-0.3, -0.25) is 9.59 Å². The third-order valence-corrected chi connectivity index (χ3v) is 4.30. The maximum Gasteiger partial charge on any atom is 0.254 e. The van der Waals surface area contributed by atoms with Crippen LogP contribution in [0.15, 0.2) is 4.79 Å². The summed E-state index contributed by atoms with van der Waals surface area (Å²) in [7, 11) is 0. The molecule has 21 heavy (non-hydrogen) atoms. The van der Waals surface area contributed by atoms with Crippen LogP contribution in [0.4, 0.5) is 0 Å². The first-order valence-corrected chi connectivity index (χ1v) is 7.68. The van der Waals surface area contributed by atoms with Gasteiger partial charge in [-0.2, -0.15) is 0 Å². The van der Waals surface area contributed by atoms with Crippen LogP contribution in [-0.4, -0.2) is 32.9 Å². The minimum atomic E-state index is -0.193. The molecule has 1 heterocycles. The third kappa shape index (κ3) is 3.52. The zero-order chi connectivity index (χ0) is 15.7. The van der Waals surface area contributed by atoms with Crippen LogP contribution in [0, 0.1) is 19.8 Å². The lowest BCUT2D eigenvalue weighted by molar-refractivity contribution is -0.134. The fourth-order valence-corrected chi connectivity index (χ4v) is 2.64. The van der Waals surface area contributed by atoms with Crippen LogP contribution in [0.5, 0.6) is 0 Å². The van der Waals surface area contributed by atoms with E-state index in [4.69, 9.17) is 0 Å². The van der Waals surface area contributed by atoms with Crippen molar-refractivity contribution in [3.63, 3.8) is 0 Å². The highest BCUT2D eigenvalue weighted by Crippen LogP contribution is 2.31. The van der Waals surface area contributed by atoms with E-state index in [2.05, 4.69) is 30.7 Å². The summed E-state index contributed by atoms with van der Waals surface area (Å²) >= 11 is 0. The Labute approximate surface area is 125 Å². The van der Waals surface area contributed by atoms with Gasteiger partial charge in [0.25, 0.3) is 5.56 Å². The number of carbonyl (C=O) groups excluding carboxylic acids is 1. The van der Waals surface area contributed by atoms with E-state index in [0.29, 0.717) is 29.0 Å². The van der Waals surface area contributed by atoms with Crippen LogP contribution in [0.1, 0.15) is 50.7 Å². The number of aromatic nitrogens is 2. The van der Waals surface area contributed by atoms with Crippen molar-refractivity contribution in [2.75, 3.05) is 0 Å². The quantitative estimate of drug-likeness (QED) is 0.902.